The van der Waals surface area contributed by atoms with Gasteiger partial charge in [0.2, 0.25) is 5.91 Å². The number of carbonyl (C=O) groups is 2. The van der Waals surface area contributed by atoms with Gasteiger partial charge in [-0.1, -0.05) is 78.9 Å². The van der Waals surface area contributed by atoms with Crippen molar-refractivity contribution >= 4 is 17.6 Å². The Kier molecular flexibility index (Phi) is 7.98. The van der Waals surface area contributed by atoms with Gasteiger partial charge in [-0.25, -0.2) is 4.79 Å². The molecular weight excluding hydrogens is 488 g/mol. The quantitative estimate of drug-likeness (QED) is 0.321. The number of pyridine rings is 1. The van der Waals surface area contributed by atoms with Crippen LogP contribution < -0.4 is 10.1 Å². The fourth-order valence-corrected chi connectivity index (χ4v) is 4.67. The smallest absolute Gasteiger partial charge is 0.322 e. The number of amides is 3. The minimum absolute atomic E-state index is 0.0589. The van der Waals surface area contributed by atoms with Crippen molar-refractivity contribution in [1.29, 1.82) is 0 Å². The fourth-order valence-electron chi connectivity index (χ4n) is 4.67. The normalized spacial score (nSPS) is 16.2. The van der Waals surface area contributed by atoms with Gasteiger partial charge < -0.3 is 19.9 Å². The van der Waals surface area contributed by atoms with Crippen LogP contribution >= 0.6 is 0 Å². The Morgan fingerprint density at radius 1 is 0.974 bits per heavy atom. The van der Waals surface area contributed by atoms with E-state index in [-0.39, 0.29) is 24.5 Å². The number of methoxy groups -OCH3 is 1. The molecular formula is C32H30N4O3. The van der Waals surface area contributed by atoms with Crippen molar-refractivity contribution in [2.24, 2.45) is 0 Å². The van der Waals surface area contributed by atoms with Crippen molar-refractivity contribution in [1.82, 2.24) is 14.8 Å². The Balaban J connectivity index is 1.41. The number of nitrogens with one attached hydrogen (secondary N) is 1. The topological polar surface area (TPSA) is 74.8 Å². The lowest BCUT2D eigenvalue weighted by Gasteiger charge is -2.34. The number of hydrogen-bond acceptors (Lipinski definition) is 4. The third-order valence-electron chi connectivity index (χ3n) is 6.70. The van der Waals surface area contributed by atoms with Gasteiger partial charge in [-0.3, -0.25) is 9.78 Å². The molecule has 0 saturated heterocycles. The summed E-state index contributed by atoms with van der Waals surface area (Å²) in [5.41, 5.74) is 4.47. The number of hydrogen-bond donors (Lipinski definition) is 1. The van der Waals surface area contributed by atoms with E-state index in [0.29, 0.717) is 18.8 Å². The molecule has 0 spiro atoms. The molecule has 0 radical (unpaired) electrons. The number of para-hydroxylation sites is 1. The molecule has 4 aromatic rings. The van der Waals surface area contributed by atoms with E-state index in [0.717, 1.165) is 28.0 Å². The third kappa shape index (κ3) is 6.15. The van der Waals surface area contributed by atoms with Crippen LogP contribution in [0, 0.1) is 0 Å². The van der Waals surface area contributed by atoms with Crippen LogP contribution in [0.5, 0.6) is 5.75 Å². The van der Waals surface area contributed by atoms with Gasteiger partial charge >= 0.3 is 6.03 Å². The van der Waals surface area contributed by atoms with E-state index in [4.69, 9.17) is 4.74 Å². The monoisotopic (exact) mass is 518 g/mol. The molecule has 0 saturated carbocycles. The summed E-state index contributed by atoms with van der Waals surface area (Å²) in [4.78, 5) is 34.7. The molecule has 3 amide bonds. The summed E-state index contributed by atoms with van der Waals surface area (Å²) in [5.74, 6) is 0.591. The molecule has 1 N–H and O–H groups in total. The van der Waals surface area contributed by atoms with Gasteiger partial charge in [-0.15, -0.1) is 0 Å². The molecule has 196 valence electrons. The summed E-state index contributed by atoms with van der Waals surface area (Å²) in [6, 6.07) is 28.4. The van der Waals surface area contributed by atoms with E-state index in [1.807, 2.05) is 103 Å². The molecule has 1 aliphatic rings. The molecule has 39 heavy (non-hydrogen) atoms. The number of benzene rings is 3. The molecule has 0 bridgehead atoms. The van der Waals surface area contributed by atoms with Gasteiger partial charge in [-0.2, -0.15) is 0 Å². The average Bonchev–Trinajstić information content (AvgIpc) is 2.98. The number of urea groups is 1. The van der Waals surface area contributed by atoms with Gasteiger partial charge in [0.1, 0.15) is 12.3 Å². The first-order valence-electron chi connectivity index (χ1n) is 12.8. The largest absolute Gasteiger partial charge is 0.497 e. The zero-order valence-corrected chi connectivity index (χ0v) is 21.7. The standard InChI is InChI=1S/C32H30N4O3/c1-39-27-17-15-26(16-18-27)30-14-8-20-35(23-31(37)36(30)22-24-9-7-19-33-21-24)32(38)34-29-13-6-5-12-28(29)25-10-3-2-4-11-25/h2-19,21,30H,20,22-23H2,1H3,(H,34,38)/b14-8-. The van der Waals surface area contributed by atoms with E-state index in [9.17, 15) is 9.59 Å². The number of anilines is 1. The second-order valence-electron chi connectivity index (χ2n) is 9.25. The molecule has 1 atom stereocenters. The van der Waals surface area contributed by atoms with E-state index in [1.54, 1.807) is 24.4 Å². The lowest BCUT2D eigenvalue weighted by Crippen LogP contribution is -2.46. The number of rotatable bonds is 6. The minimum Gasteiger partial charge on any atom is -0.497 e. The summed E-state index contributed by atoms with van der Waals surface area (Å²) in [5, 5.41) is 3.03. The van der Waals surface area contributed by atoms with Gasteiger partial charge in [-0.05, 0) is 41.0 Å². The Morgan fingerprint density at radius 2 is 1.74 bits per heavy atom. The number of carbonyl (C=O) groups excluding carboxylic acids is 2. The van der Waals surface area contributed by atoms with Crippen LogP contribution in [0.3, 0.4) is 0 Å². The lowest BCUT2D eigenvalue weighted by molar-refractivity contribution is -0.134. The molecule has 7 heteroatoms. The maximum Gasteiger partial charge on any atom is 0.322 e. The average molecular weight is 519 g/mol. The predicted molar refractivity (Wildman–Crippen MR) is 152 cm³/mol. The Hall–Kier alpha value is -4.91. The first-order valence-corrected chi connectivity index (χ1v) is 12.8. The van der Waals surface area contributed by atoms with E-state index in [2.05, 4.69) is 10.3 Å². The predicted octanol–water partition coefficient (Wildman–Crippen LogP) is 5.93. The minimum atomic E-state index is -0.333. The summed E-state index contributed by atoms with van der Waals surface area (Å²) in [6.07, 6.45) is 7.39. The number of ether oxygens (including phenoxy) is 1. The first kappa shape index (κ1) is 25.7. The van der Waals surface area contributed by atoms with Crippen LogP contribution in [-0.4, -0.2) is 46.9 Å². The van der Waals surface area contributed by atoms with Crippen LogP contribution in [0.4, 0.5) is 10.5 Å². The van der Waals surface area contributed by atoms with E-state index < -0.39 is 0 Å². The highest BCUT2D eigenvalue weighted by Gasteiger charge is 2.29. The summed E-state index contributed by atoms with van der Waals surface area (Å²) < 4.78 is 5.31. The maximum atomic E-state index is 13.8. The van der Waals surface area contributed by atoms with Crippen molar-refractivity contribution in [3.05, 3.63) is 127 Å². The lowest BCUT2D eigenvalue weighted by atomic mass is 10.0. The summed E-state index contributed by atoms with van der Waals surface area (Å²) in [7, 11) is 1.63. The van der Waals surface area contributed by atoms with Crippen LogP contribution in [-0.2, 0) is 11.3 Å². The SMILES string of the molecule is COc1ccc(C2/C=C\CN(C(=O)Nc3ccccc3-c3ccccc3)CC(=O)N2Cc2cccnc2)cc1. The fraction of sp³-hybridized carbons (Fsp3) is 0.156. The highest BCUT2D eigenvalue weighted by Crippen LogP contribution is 2.30. The maximum absolute atomic E-state index is 13.8. The van der Waals surface area contributed by atoms with Crippen LogP contribution in [0.1, 0.15) is 17.2 Å². The van der Waals surface area contributed by atoms with E-state index in [1.165, 1.54) is 4.90 Å². The van der Waals surface area contributed by atoms with Gasteiger partial charge in [0.15, 0.2) is 0 Å². The zero-order chi connectivity index (χ0) is 27.0. The Morgan fingerprint density at radius 3 is 2.49 bits per heavy atom. The van der Waals surface area contributed by atoms with Crippen molar-refractivity contribution < 1.29 is 14.3 Å². The highest BCUT2D eigenvalue weighted by molar-refractivity contribution is 5.96. The van der Waals surface area contributed by atoms with Gasteiger partial charge in [0.05, 0.1) is 18.8 Å². The summed E-state index contributed by atoms with van der Waals surface area (Å²) in [6.45, 7) is 0.606. The summed E-state index contributed by atoms with van der Waals surface area (Å²) >= 11 is 0. The van der Waals surface area contributed by atoms with Gasteiger partial charge in [0, 0.05) is 31.0 Å². The number of aromatic nitrogens is 1. The Labute approximate surface area is 228 Å². The third-order valence-corrected chi connectivity index (χ3v) is 6.70. The van der Waals surface area contributed by atoms with Crippen molar-refractivity contribution in [2.45, 2.75) is 12.6 Å². The van der Waals surface area contributed by atoms with Crippen LogP contribution in [0.15, 0.2) is 116 Å². The van der Waals surface area contributed by atoms with Crippen molar-refractivity contribution in [2.75, 3.05) is 25.5 Å². The number of nitrogens with zero attached hydrogens (tertiary/aromatic N) is 3. The molecule has 5 rings (SSSR count). The molecule has 2 heterocycles. The van der Waals surface area contributed by atoms with Crippen LogP contribution in [0.2, 0.25) is 0 Å². The highest BCUT2D eigenvalue weighted by atomic mass is 16.5. The van der Waals surface area contributed by atoms with Gasteiger partial charge in [0.25, 0.3) is 0 Å². The van der Waals surface area contributed by atoms with Crippen LogP contribution in [0.25, 0.3) is 11.1 Å². The van der Waals surface area contributed by atoms with E-state index >= 15 is 0 Å². The first-order chi connectivity index (χ1) is 19.1. The van der Waals surface area contributed by atoms with Crippen molar-refractivity contribution in [3.63, 3.8) is 0 Å². The molecule has 1 unspecified atom stereocenters. The van der Waals surface area contributed by atoms with Crippen molar-refractivity contribution in [3.8, 4) is 16.9 Å². The zero-order valence-electron chi connectivity index (χ0n) is 21.7. The molecule has 7 nitrogen and oxygen atoms in total. The second-order valence-corrected chi connectivity index (χ2v) is 9.25. The molecule has 0 aliphatic carbocycles. The molecule has 3 aromatic carbocycles. The molecule has 1 aromatic heterocycles. The molecule has 1 aliphatic heterocycles. The second kappa shape index (κ2) is 12.1. The Bertz CT molecular complexity index is 1440. The molecule has 0 fully saturated rings.